The van der Waals surface area contributed by atoms with Crippen molar-refractivity contribution in [3.63, 3.8) is 0 Å². The molecule has 0 saturated heterocycles. The molecule has 3 N–H and O–H groups in total. The number of halogens is 9. The molecule has 0 unspecified atom stereocenters. The topological polar surface area (TPSA) is 61.4 Å². The number of carbonyl (C=O) groups excluding carboxylic acids is 1. The average Bonchev–Trinajstić information content (AvgIpc) is 3.60. The molecular weight excluding hydrogens is 507 g/mol. The molecule has 13 heteroatoms. The molecular formula is C23H21F9N2O2. The Kier molecular flexibility index (Phi) is 7.28. The first kappa shape index (κ1) is 27.6. The molecule has 0 bridgehead atoms. The fourth-order valence-electron chi connectivity index (χ4n) is 3.47. The number of nitrogens with one attached hydrogen (secondary N) is 2. The van der Waals surface area contributed by atoms with Gasteiger partial charge in [-0.25, -0.2) is 0 Å². The Labute approximate surface area is 199 Å². The minimum absolute atomic E-state index is 0.0236. The number of aryl methyl sites for hydroxylation is 1. The first-order chi connectivity index (χ1) is 16.4. The maximum Gasteiger partial charge on any atom is 0.423 e. The fraction of sp³-hybridized carbons (Fsp3) is 0.435. The van der Waals surface area contributed by atoms with Crippen molar-refractivity contribution in [2.75, 3.05) is 11.9 Å². The molecule has 0 radical (unpaired) electrons. The molecule has 1 aliphatic carbocycles. The lowest BCUT2D eigenvalue weighted by Gasteiger charge is -2.32. The van der Waals surface area contributed by atoms with E-state index in [9.17, 15) is 49.4 Å². The van der Waals surface area contributed by atoms with Crippen molar-refractivity contribution in [1.29, 1.82) is 0 Å². The summed E-state index contributed by atoms with van der Waals surface area (Å²) in [6.45, 7) is 0.298. The lowest BCUT2D eigenvalue weighted by Crippen LogP contribution is -2.48. The van der Waals surface area contributed by atoms with Gasteiger partial charge in [-0.15, -0.1) is 0 Å². The third kappa shape index (κ3) is 6.23. The third-order valence-electron chi connectivity index (χ3n) is 5.83. The second-order valence-electron chi connectivity index (χ2n) is 8.64. The molecule has 3 rings (SSSR count). The number of carbonyl (C=O) groups is 1. The van der Waals surface area contributed by atoms with Crippen molar-refractivity contribution < 1.29 is 49.4 Å². The van der Waals surface area contributed by atoms with Crippen molar-refractivity contribution in [3.8, 4) is 0 Å². The second-order valence-corrected chi connectivity index (χ2v) is 8.64. The zero-order valence-electron chi connectivity index (χ0n) is 18.6. The summed E-state index contributed by atoms with van der Waals surface area (Å²) in [7, 11) is 0. The molecule has 198 valence electrons. The van der Waals surface area contributed by atoms with Crippen LogP contribution in [-0.2, 0) is 29.3 Å². The van der Waals surface area contributed by atoms with Crippen molar-refractivity contribution >= 4 is 11.6 Å². The average molecular weight is 528 g/mol. The summed E-state index contributed by atoms with van der Waals surface area (Å²) < 4.78 is 120. The number of benzene rings is 2. The summed E-state index contributed by atoms with van der Waals surface area (Å²) >= 11 is 0. The zero-order chi connectivity index (χ0) is 27.1. The monoisotopic (exact) mass is 528 g/mol. The van der Waals surface area contributed by atoms with Crippen molar-refractivity contribution in [1.82, 2.24) is 5.32 Å². The van der Waals surface area contributed by atoms with Crippen molar-refractivity contribution in [3.05, 3.63) is 64.2 Å². The molecule has 2 aromatic rings. The Morgan fingerprint density at radius 1 is 0.889 bits per heavy atom. The largest absolute Gasteiger partial charge is 0.423 e. The lowest BCUT2D eigenvalue weighted by molar-refractivity contribution is -0.261. The van der Waals surface area contributed by atoms with Gasteiger partial charge in [0.05, 0.1) is 17.7 Å². The SMILES string of the molecule is Cc1cc(NC[C@](O)(c2cc(C(F)(F)F)cc(C(F)(F)F)c2)C(F)(F)F)ccc1CNC(=O)C1CC1. The Morgan fingerprint density at radius 3 is 1.86 bits per heavy atom. The quantitative estimate of drug-likeness (QED) is 0.391. The summed E-state index contributed by atoms with van der Waals surface area (Å²) in [6, 6.07) is 3.56. The van der Waals surface area contributed by atoms with Gasteiger partial charge < -0.3 is 15.7 Å². The third-order valence-corrected chi connectivity index (χ3v) is 5.83. The molecule has 1 amide bonds. The van der Waals surface area contributed by atoms with Crippen LogP contribution in [0, 0.1) is 12.8 Å². The van der Waals surface area contributed by atoms with Gasteiger partial charge in [-0.3, -0.25) is 4.79 Å². The number of rotatable bonds is 7. The van der Waals surface area contributed by atoms with Crippen LogP contribution in [-0.4, -0.2) is 23.7 Å². The summed E-state index contributed by atoms with van der Waals surface area (Å²) in [4.78, 5) is 11.8. The smallest absolute Gasteiger partial charge is 0.381 e. The van der Waals surface area contributed by atoms with Gasteiger partial charge in [0.2, 0.25) is 11.5 Å². The van der Waals surface area contributed by atoms with E-state index in [2.05, 4.69) is 10.6 Å². The van der Waals surface area contributed by atoms with Gasteiger partial charge in [0.15, 0.2) is 0 Å². The first-order valence-corrected chi connectivity index (χ1v) is 10.6. The van der Waals surface area contributed by atoms with Gasteiger partial charge in [0.1, 0.15) is 0 Å². The first-order valence-electron chi connectivity index (χ1n) is 10.6. The summed E-state index contributed by atoms with van der Waals surface area (Å²) in [5, 5.41) is 15.4. The molecule has 0 aliphatic heterocycles. The zero-order valence-corrected chi connectivity index (χ0v) is 18.6. The summed E-state index contributed by atoms with van der Waals surface area (Å²) in [5.74, 6) is -0.147. The Bertz CT molecular complexity index is 1090. The molecule has 1 aliphatic rings. The van der Waals surface area contributed by atoms with Crippen LogP contribution in [0.25, 0.3) is 0 Å². The molecule has 0 aromatic heterocycles. The highest BCUT2D eigenvalue weighted by molar-refractivity contribution is 5.80. The van der Waals surface area contributed by atoms with Crippen LogP contribution in [0.2, 0.25) is 0 Å². The normalized spacial score (nSPS) is 16.4. The van der Waals surface area contributed by atoms with Gasteiger partial charge in [-0.05, 0) is 66.8 Å². The van der Waals surface area contributed by atoms with Gasteiger partial charge in [-0.1, -0.05) is 6.07 Å². The maximum absolute atomic E-state index is 13.8. The molecule has 0 heterocycles. The fourth-order valence-corrected chi connectivity index (χ4v) is 3.47. The molecule has 2 aromatic carbocycles. The highest BCUT2D eigenvalue weighted by atomic mass is 19.4. The number of alkyl halides is 9. The molecule has 1 atom stereocenters. The van der Waals surface area contributed by atoms with Crippen LogP contribution in [0.3, 0.4) is 0 Å². The molecule has 0 spiro atoms. The highest BCUT2D eigenvalue weighted by Crippen LogP contribution is 2.44. The van der Waals surface area contributed by atoms with E-state index in [4.69, 9.17) is 0 Å². The van der Waals surface area contributed by atoms with Crippen LogP contribution in [0.5, 0.6) is 0 Å². The van der Waals surface area contributed by atoms with E-state index in [0.717, 1.165) is 12.8 Å². The van der Waals surface area contributed by atoms with E-state index in [1.807, 2.05) is 0 Å². The van der Waals surface area contributed by atoms with Gasteiger partial charge >= 0.3 is 18.5 Å². The minimum atomic E-state index is -5.63. The number of aliphatic hydroxyl groups is 1. The lowest BCUT2D eigenvalue weighted by atomic mass is 9.89. The molecule has 36 heavy (non-hydrogen) atoms. The van der Waals surface area contributed by atoms with Crippen LogP contribution >= 0.6 is 0 Å². The predicted octanol–water partition coefficient (Wildman–Crippen LogP) is 5.92. The van der Waals surface area contributed by atoms with E-state index in [1.165, 1.54) is 18.2 Å². The molecule has 1 saturated carbocycles. The Balaban J connectivity index is 1.88. The standard InChI is InChI=1S/C23H21F9N2O2/c1-12-6-18(5-4-14(12)10-33-19(35)13-2-3-13)34-11-20(36,23(30,31)32)15-7-16(21(24,25)26)9-17(8-15)22(27,28)29/h4-9,13,34,36H,2-3,10-11H2,1H3,(H,33,35)/t20-/m0/s1. The Morgan fingerprint density at radius 2 is 1.42 bits per heavy atom. The van der Waals surface area contributed by atoms with E-state index < -0.39 is 47.4 Å². The van der Waals surface area contributed by atoms with Crippen LogP contribution in [0.15, 0.2) is 36.4 Å². The summed E-state index contributed by atoms with van der Waals surface area (Å²) in [5.41, 5.74) is -8.44. The van der Waals surface area contributed by atoms with E-state index in [0.29, 0.717) is 11.1 Å². The van der Waals surface area contributed by atoms with E-state index in [-0.39, 0.29) is 42.3 Å². The van der Waals surface area contributed by atoms with Crippen LogP contribution in [0.4, 0.5) is 45.2 Å². The highest BCUT2D eigenvalue weighted by Gasteiger charge is 2.56. The molecule has 1 fully saturated rings. The minimum Gasteiger partial charge on any atom is -0.381 e. The van der Waals surface area contributed by atoms with E-state index >= 15 is 0 Å². The maximum atomic E-state index is 13.8. The predicted molar refractivity (Wildman–Crippen MR) is 111 cm³/mol. The van der Waals surface area contributed by atoms with Gasteiger partial charge in [-0.2, -0.15) is 39.5 Å². The second kappa shape index (κ2) is 9.49. The summed E-state index contributed by atoms with van der Waals surface area (Å²) in [6.07, 6.45) is -14.8. The van der Waals surface area contributed by atoms with E-state index in [1.54, 1.807) is 6.92 Å². The van der Waals surface area contributed by atoms with Crippen molar-refractivity contribution in [2.45, 2.75) is 50.4 Å². The number of amides is 1. The van der Waals surface area contributed by atoms with Crippen LogP contribution < -0.4 is 10.6 Å². The number of hydrogen-bond acceptors (Lipinski definition) is 3. The van der Waals surface area contributed by atoms with Gasteiger partial charge in [0, 0.05) is 18.2 Å². The molecule has 4 nitrogen and oxygen atoms in total. The van der Waals surface area contributed by atoms with Crippen molar-refractivity contribution in [2.24, 2.45) is 5.92 Å². The van der Waals surface area contributed by atoms with Gasteiger partial charge in [0.25, 0.3) is 0 Å². The number of hydrogen-bond donors (Lipinski definition) is 3. The van der Waals surface area contributed by atoms with Crippen LogP contribution in [0.1, 0.15) is 40.7 Å². The number of anilines is 1. The Hall–Kier alpha value is -2.96.